The summed E-state index contributed by atoms with van der Waals surface area (Å²) in [5.41, 5.74) is 0.0555. The summed E-state index contributed by atoms with van der Waals surface area (Å²) < 4.78 is 0. The zero-order valence-electron chi connectivity index (χ0n) is 19.7. The van der Waals surface area contributed by atoms with E-state index in [2.05, 4.69) is 79.0 Å². The fraction of sp³-hybridized carbons (Fsp3) is 1.00. The molecule has 2 rings (SSSR count). The van der Waals surface area contributed by atoms with Gasteiger partial charge in [0.15, 0.2) is 0 Å². The Hall–Kier alpha value is -0.160. The average molecular weight is 383 g/mol. The highest BCUT2D eigenvalue weighted by Crippen LogP contribution is 2.43. The van der Waals surface area contributed by atoms with Gasteiger partial charge in [-0.3, -0.25) is 9.80 Å². The molecule has 4 heteroatoms. The van der Waals surface area contributed by atoms with E-state index >= 15 is 0 Å². The van der Waals surface area contributed by atoms with Gasteiger partial charge in [-0.25, -0.2) is 0 Å². The average Bonchev–Trinajstić information content (AvgIpc) is 2.36. The Labute approximate surface area is 168 Å². The minimum Gasteiger partial charge on any atom is -0.393 e. The molecule has 0 amide bonds. The highest BCUT2D eigenvalue weighted by molar-refractivity contribution is 5.05. The summed E-state index contributed by atoms with van der Waals surface area (Å²) in [6.07, 6.45) is 2.91. The monoisotopic (exact) mass is 382 g/mol. The van der Waals surface area contributed by atoms with E-state index < -0.39 is 0 Å². The fourth-order valence-corrected chi connectivity index (χ4v) is 6.29. The minimum atomic E-state index is -0.212. The zero-order chi connectivity index (χ0) is 21.1. The van der Waals surface area contributed by atoms with Crippen LogP contribution in [0.3, 0.4) is 0 Å². The van der Waals surface area contributed by atoms with Crippen LogP contribution < -0.4 is 0 Å². The summed E-state index contributed by atoms with van der Waals surface area (Å²) in [4.78, 5) is 5.26. The largest absolute Gasteiger partial charge is 0.393 e. The van der Waals surface area contributed by atoms with Crippen molar-refractivity contribution in [1.29, 1.82) is 0 Å². The van der Waals surface area contributed by atoms with Gasteiger partial charge in [0.1, 0.15) is 0 Å². The fourth-order valence-electron chi connectivity index (χ4n) is 6.29. The van der Waals surface area contributed by atoms with Gasteiger partial charge >= 0.3 is 0 Å². The third-order valence-electron chi connectivity index (χ3n) is 7.04. The SMILES string of the molecule is CC(C)(CN1C(C)(C)CC(O)CC1(C)C)CN1C(C)(C)CC(O)CC1(C)C. The van der Waals surface area contributed by atoms with Crippen molar-refractivity contribution in [1.82, 2.24) is 9.80 Å². The topological polar surface area (TPSA) is 46.9 Å². The third kappa shape index (κ3) is 5.07. The first-order chi connectivity index (χ1) is 11.9. The van der Waals surface area contributed by atoms with Gasteiger partial charge in [-0.15, -0.1) is 0 Å². The van der Waals surface area contributed by atoms with Gasteiger partial charge < -0.3 is 10.2 Å². The van der Waals surface area contributed by atoms with Crippen molar-refractivity contribution < 1.29 is 10.2 Å². The molecule has 2 heterocycles. The molecule has 0 aliphatic carbocycles. The Morgan fingerprint density at radius 1 is 0.630 bits per heavy atom. The number of aliphatic hydroxyl groups is 2. The maximum atomic E-state index is 10.4. The molecule has 0 saturated carbocycles. The molecule has 0 radical (unpaired) electrons. The van der Waals surface area contributed by atoms with Crippen LogP contribution in [0.15, 0.2) is 0 Å². The van der Waals surface area contributed by atoms with Gasteiger partial charge in [0.25, 0.3) is 0 Å². The van der Waals surface area contributed by atoms with Crippen LogP contribution in [0.25, 0.3) is 0 Å². The summed E-state index contributed by atoms with van der Waals surface area (Å²) in [7, 11) is 0. The number of hydrogen-bond donors (Lipinski definition) is 2. The zero-order valence-corrected chi connectivity index (χ0v) is 19.7. The molecule has 0 atom stereocenters. The van der Waals surface area contributed by atoms with E-state index in [-0.39, 0.29) is 39.8 Å². The Morgan fingerprint density at radius 2 is 0.852 bits per heavy atom. The molecule has 2 N–H and O–H groups in total. The molecule has 2 aliphatic rings. The van der Waals surface area contributed by atoms with Crippen LogP contribution in [0.1, 0.15) is 94.9 Å². The summed E-state index contributed by atoms with van der Waals surface area (Å²) in [5, 5.41) is 20.7. The van der Waals surface area contributed by atoms with E-state index in [4.69, 9.17) is 0 Å². The Balaban J connectivity index is 2.23. The van der Waals surface area contributed by atoms with Crippen LogP contribution in [0.2, 0.25) is 0 Å². The van der Waals surface area contributed by atoms with Crippen molar-refractivity contribution in [3.05, 3.63) is 0 Å². The molecule has 0 bridgehead atoms. The number of hydrogen-bond acceptors (Lipinski definition) is 4. The van der Waals surface area contributed by atoms with Crippen LogP contribution >= 0.6 is 0 Å². The molecule has 0 aromatic heterocycles. The van der Waals surface area contributed by atoms with E-state index in [1.165, 1.54) is 0 Å². The molecule has 4 nitrogen and oxygen atoms in total. The van der Waals surface area contributed by atoms with Crippen molar-refractivity contribution in [2.24, 2.45) is 5.41 Å². The first kappa shape index (κ1) is 23.1. The number of likely N-dealkylation sites (tertiary alicyclic amines) is 2. The standard InChI is InChI=1S/C23H46N2O2/c1-19(2,15-24-20(3,4)11-17(26)12-21(24,5)6)16-25-22(7,8)13-18(27)14-23(25,9)10/h17-18,26-27H,11-16H2,1-10H3. The van der Waals surface area contributed by atoms with Crippen LogP contribution in [0.5, 0.6) is 0 Å². The Kier molecular flexibility index (Phi) is 5.97. The van der Waals surface area contributed by atoms with Crippen molar-refractivity contribution >= 4 is 0 Å². The van der Waals surface area contributed by atoms with Gasteiger partial charge in [0.05, 0.1) is 12.2 Å². The molecule has 160 valence electrons. The second kappa shape index (κ2) is 6.97. The Bertz CT molecular complexity index is 454. The summed E-state index contributed by atoms with van der Waals surface area (Å²) in [6, 6.07) is 0. The van der Waals surface area contributed by atoms with Crippen molar-refractivity contribution in [2.45, 2.75) is 129 Å². The van der Waals surface area contributed by atoms with E-state index in [0.717, 1.165) is 38.8 Å². The Morgan fingerprint density at radius 3 is 1.07 bits per heavy atom. The van der Waals surface area contributed by atoms with Crippen LogP contribution in [0, 0.1) is 5.41 Å². The lowest BCUT2D eigenvalue weighted by atomic mass is 9.74. The van der Waals surface area contributed by atoms with E-state index in [1.807, 2.05) is 0 Å². The van der Waals surface area contributed by atoms with Gasteiger partial charge in [-0.1, -0.05) is 13.8 Å². The molecule has 0 unspecified atom stereocenters. The lowest BCUT2D eigenvalue weighted by molar-refractivity contribution is -0.122. The number of aliphatic hydroxyl groups excluding tert-OH is 2. The summed E-state index contributed by atoms with van der Waals surface area (Å²) >= 11 is 0. The van der Waals surface area contributed by atoms with Crippen LogP contribution in [-0.2, 0) is 0 Å². The smallest absolute Gasteiger partial charge is 0.0575 e. The third-order valence-corrected chi connectivity index (χ3v) is 7.04. The first-order valence-corrected chi connectivity index (χ1v) is 10.8. The normalized spacial score (nSPS) is 29.8. The number of nitrogens with zero attached hydrogens (tertiary/aromatic N) is 2. The van der Waals surface area contributed by atoms with E-state index in [9.17, 15) is 10.2 Å². The maximum Gasteiger partial charge on any atom is 0.0575 e. The molecule has 2 fully saturated rings. The molecule has 0 spiro atoms. The second-order valence-electron chi connectivity index (χ2n) is 12.7. The van der Waals surface area contributed by atoms with E-state index in [1.54, 1.807) is 0 Å². The molecule has 0 aromatic rings. The molecule has 2 saturated heterocycles. The highest BCUT2D eigenvalue weighted by atomic mass is 16.3. The van der Waals surface area contributed by atoms with Gasteiger partial charge in [0.2, 0.25) is 0 Å². The molecule has 27 heavy (non-hydrogen) atoms. The predicted molar refractivity (Wildman–Crippen MR) is 114 cm³/mol. The van der Waals surface area contributed by atoms with Crippen molar-refractivity contribution in [2.75, 3.05) is 13.1 Å². The number of piperidine rings is 2. The van der Waals surface area contributed by atoms with Gasteiger partial charge in [0, 0.05) is 35.2 Å². The molecular weight excluding hydrogens is 336 g/mol. The minimum absolute atomic E-state index is 0.0123. The van der Waals surface area contributed by atoms with Gasteiger partial charge in [-0.05, 0) is 86.5 Å². The quantitative estimate of drug-likeness (QED) is 0.770. The molecular formula is C23H46N2O2. The lowest BCUT2D eigenvalue weighted by Gasteiger charge is -2.59. The predicted octanol–water partition coefficient (Wildman–Crippen LogP) is 4.04. The first-order valence-electron chi connectivity index (χ1n) is 10.8. The molecule has 0 aromatic carbocycles. The summed E-state index contributed by atoms with van der Waals surface area (Å²) in [6.45, 7) is 25.0. The van der Waals surface area contributed by atoms with Crippen molar-refractivity contribution in [3.63, 3.8) is 0 Å². The molecule has 2 aliphatic heterocycles. The lowest BCUT2D eigenvalue weighted by Crippen LogP contribution is -2.67. The number of rotatable bonds is 4. The van der Waals surface area contributed by atoms with Crippen molar-refractivity contribution in [3.8, 4) is 0 Å². The van der Waals surface area contributed by atoms with Crippen LogP contribution in [-0.4, -0.2) is 67.5 Å². The van der Waals surface area contributed by atoms with Crippen LogP contribution in [0.4, 0.5) is 0 Å². The van der Waals surface area contributed by atoms with Gasteiger partial charge in [-0.2, -0.15) is 0 Å². The second-order valence-corrected chi connectivity index (χ2v) is 12.7. The highest BCUT2D eigenvalue weighted by Gasteiger charge is 2.49. The summed E-state index contributed by atoms with van der Waals surface area (Å²) in [5.74, 6) is 0. The maximum absolute atomic E-state index is 10.4. The van der Waals surface area contributed by atoms with E-state index in [0.29, 0.717) is 0 Å².